The lowest BCUT2D eigenvalue weighted by molar-refractivity contribution is 0.398. The first-order chi connectivity index (χ1) is 13.6. The maximum absolute atomic E-state index is 13.5. The van der Waals surface area contributed by atoms with E-state index >= 15 is 0 Å². The maximum atomic E-state index is 13.5. The fourth-order valence-electron chi connectivity index (χ4n) is 2.85. The molecule has 7 heteroatoms. The zero-order valence-corrected chi connectivity index (χ0v) is 17.7. The summed E-state index contributed by atoms with van der Waals surface area (Å²) < 4.78 is 24.2. The van der Waals surface area contributed by atoms with Gasteiger partial charge in [0.05, 0.1) is 14.2 Å². The standard InChI is InChI=1S/C21H28FN3O2S/c1-23-21(25-13-16-5-6-18(22)11-17(16)14-28-4)24-10-9-15-12-19(26-2)7-8-20(15)27-3/h5-8,11-12H,9-10,13-14H2,1-4H3,(H2,23,24,25). The molecule has 2 rings (SSSR count). The van der Waals surface area contributed by atoms with Crippen LogP contribution in [0, 0.1) is 5.82 Å². The second kappa shape index (κ2) is 11.4. The number of rotatable bonds is 9. The molecule has 2 N–H and O–H groups in total. The Morgan fingerprint density at radius 2 is 1.86 bits per heavy atom. The number of methoxy groups -OCH3 is 2. The Morgan fingerprint density at radius 1 is 1.04 bits per heavy atom. The molecule has 0 saturated heterocycles. The molecule has 0 saturated carbocycles. The molecule has 0 spiro atoms. The summed E-state index contributed by atoms with van der Waals surface area (Å²) in [6.45, 7) is 1.27. The first kappa shape index (κ1) is 21.9. The van der Waals surface area contributed by atoms with E-state index in [4.69, 9.17) is 9.47 Å². The Kier molecular flexibility index (Phi) is 8.94. The van der Waals surface area contributed by atoms with Crippen LogP contribution in [0.25, 0.3) is 0 Å². The number of ether oxygens (including phenoxy) is 2. The molecule has 0 atom stereocenters. The van der Waals surface area contributed by atoms with Crippen LogP contribution in [0.1, 0.15) is 16.7 Å². The van der Waals surface area contributed by atoms with E-state index in [9.17, 15) is 4.39 Å². The Labute approximate surface area is 170 Å². The van der Waals surface area contributed by atoms with E-state index in [1.165, 1.54) is 6.07 Å². The van der Waals surface area contributed by atoms with Crippen molar-refractivity contribution in [3.8, 4) is 11.5 Å². The summed E-state index contributed by atoms with van der Waals surface area (Å²) in [5.41, 5.74) is 3.12. The zero-order chi connectivity index (χ0) is 20.4. The molecule has 0 bridgehead atoms. The lowest BCUT2D eigenvalue weighted by Crippen LogP contribution is -2.38. The van der Waals surface area contributed by atoms with Gasteiger partial charge in [0.15, 0.2) is 5.96 Å². The first-order valence-electron chi connectivity index (χ1n) is 9.03. The first-order valence-corrected chi connectivity index (χ1v) is 10.4. The molecule has 0 aliphatic heterocycles. The van der Waals surface area contributed by atoms with Crippen LogP contribution in [0.3, 0.4) is 0 Å². The van der Waals surface area contributed by atoms with E-state index < -0.39 is 0 Å². The van der Waals surface area contributed by atoms with Crippen molar-refractivity contribution in [3.05, 3.63) is 58.9 Å². The summed E-state index contributed by atoms with van der Waals surface area (Å²) in [7, 11) is 5.04. The molecule has 0 aliphatic carbocycles. The zero-order valence-electron chi connectivity index (χ0n) is 16.8. The lowest BCUT2D eigenvalue weighted by Gasteiger charge is -2.15. The lowest BCUT2D eigenvalue weighted by atomic mass is 10.1. The smallest absolute Gasteiger partial charge is 0.191 e. The third kappa shape index (κ3) is 6.34. The van der Waals surface area contributed by atoms with Crippen molar-refractivity contribution in [1.29, 1.82) is 0 Å². The van der Waals surface area contributed by atoms with Crippen molar-refractivity contribution in [2.24, 2.45) is 4.99 Å². The molecule has 28 heavy (non-hydrogen) atoms. The predicted molar refractivity (Wildman–Crippen MR) is 115 cm³/mol. The maximum Gasteiger partial charge on any atom is 0.191 e. The van der Waals surface area contributed by atoms with Crippen molar-refractivity contribution in [3.63, 3.8) is 0 Å². The Bertz CT molecular complexity index is 799. The van der Waals surface area contributed by atoms with Crippen LogP contribution in [-0.4, -0.2) is 40.0 Å². The fraction of sp³-hybridized carbons (Fsp3) is 0.381. The van der Waals surface area contributed by atoms with Crippen molar-refractivity contribution in [2.75, 3.05) is 34.1 Å². The van der Waals surface area contributed by atoms with Crippen LogP contribution in [0.4, 0.5) is 4.39 Å². The summed E-state index contributed by atoms with van der Waals surface area (Å²) in [5.74, 6) is 2.90. The molecule has 0 amide bonds. The van der Waals surface area contributed by atoms with E-state index in [-0.39, 0.29) is 5.82 Å². The summed E-state index contributed by atoms with van der Waals surface area (Å²) in [5, 5.41) is 6.60. The highest BCUT2D eigenvalue weighted by Gasteiger charge is 2.07. The molecule has 5 nitrogen and oxygen atoms in total. The van der Waals surface area contributed by atoms with Crippen LogP contribution in [0.2, 0.25) is 0 Å². The van der Waals surface area contributed by atoms with Crippen LogP contribution in [-0.2, 0) is 18.7 Å². The van der Waals surface area contributed by atoms with Gasteiger partial charge in [-0.2, -0.15) is 11.8 Å². The van der Waals surface area contributed by atoms with Crippen LogP contribution < -0.4 is 20.1 Å². The van der Waals surface area contributed by atoms with E-state index in [1.54, 1.807) is 39.1 Å². The Balaban J connectivity index is 1.92. The van der Waals surface area contributed by atoms with E-state index in [1.807, 2.05) is 30.5 Å². The van der Waals surface area contributed by atoms with Crippen molar-refractivity contribution in [1.82, 2.24) is 10.6 Å². The molecule has 2 aromatic carbocycles. The molecule has 0 heterocycles. The number of nitrogens with one attached hydrogen (secondary N) is 2. The quantitative estimate of drug-likeness (QED) is 0.493. The number of aliphatic imine (C=N–C) groups is 1. The number of nitrogens with zero attached hydrogens (tertiary/aromatic N) is 1. The normalized spacial score (nSPS) is 11.2. The highest BCUT2D eigenvalue weighted by atomic mass is 32.2. The third-order valence-corrected chi connectivity index (χ3v) is 4.91. The van der Waals surface area contributed by atoms with E-state index in [0.717, 1.165) is 40.4 Å². The van der Waals surface area contributed by atoms with Crippen LogP contribution >= 0.6 is 11.8 Å². The van der Waals surface area contributed by atoms with Gasteiger partial charge in [-0.3, -0.25) is 4.99 Å². The second-order valence-electron chi connectivity index (χ2n) is 6.13. The van der Waals surface area contributed by atoms with Gasteiger partial charge in [-0.1, -0.05) is 6.07 Å². The fourth-order valence-corrected chi connectivity index (χ4v) is 3.43. The van der Waals surface area contributed by atoms with Gasteiger partial charge in [0.2, 0.25) is 0 Å². The largest absolute Gasteiger partial charge is 0.497 e. The molecule has 0 aliphatic rings. The second-order valence-corrected chi connectivity index (χ2v) is 6.99. The van der Waals surface area contributed by atoms with Gasteiger partial charge in [-0.05, 0) is 59.7 Å². The number of hydrogen-bond acceptors (Lipinski definition) is 4. The number of guanidine groups is 1. The summed E-state index contributed by atoms with van der Waals surface area (Å²) in [4.78, 5) is 4.26. The summed E-state index contributed by atoms with van der Waals surface area (Å²) in [6.07, 6.45) is 2.77. The van der Waals surface area contributed by atoms with Gasteiger partial charge in [-0.25, -0.2) is 4.39 Å². The molecule has 0 radical (unpaired) electrons. The van der Waals surface area contributed by atoms with E-state index in [2.05, 4.69) is 15.6 Å². The number of hydrogen-bond donors (Lipinski definition) is 2. The average molecular weight is 406 g/mol. The van der Waals surface area contributed by atoms with Gasteiger partial charge in [0.1, 0.15) is 17.3 Å². The van der Waals surface area contributed by atoms with Gasteiger partial charge < -0.3 is 20.1 Å². The van der Waals surface area contributed by atoms with Gasteiger partial charge in [0, 0.05) is 25.9 Å². The number of benzene rings is 2. The van der Waals surface area contributed by atoms with Crippen LogP contribution in [0.15, 0.2) is 41.4 Å². The Morgan fingerprint density at radius 3 is 2.54 bits per heavy atom. The molecule has 0 unspecified atom stereocenters. The molecular formula is C21H28FN3O2S. The average Bonchev–Trinajstić information content (AvgIpc) is 2.71. The van der Waals surface area contributed by atoms with Gasteiger partial charge in [-0.15, -0.1) is 0 Å². The van der Waals surface area contributed by atoms with Crippen molar-refractivity contribution >= 4 is 17.7 Å². The summed E-state index contributed by atoms with van der Waals surface area (Å²) >= 11 is 1.67. The Hall–Kier alpha value is -2.41. The topological polar surface area (TPSA) is 54.9 Å². The number of halogens is 1. The van der Waals surface area contributed by atoms with Gasteiger partial charge in [0.25, 0.3) is 0 Å². The van der Waals surface area contributed by atoms with Crippen molar-refractivity contribution < 1.29 is 13.9 Å². The summed E-state index contributed by atoms with van der Waals surface area (Å²) in [6, 6.07) is 10.7. The SMILES string of the molecule is CN=C(NCCc1cc(OC)ccc1OC)NCc1ccc(F)cc1CSC. The molecule has 0 fully saturated rings. The minimum Gasteiger partial charge on any atom is -0.497 e. The van der Waals surface area contributed by atoms with Gasteiger partial charge >= 0.3 is 0 Å². The minimum atomic E-state index is -0.206. The highest BCUT2D eigenvalue weighted by molar-refractivity contribution is 7.97. The number of thioether (sulfide) groups is 1. The molecule has 152 valence electrons. The predicted octanol–water partition coefficient (Wildman–Crippen LogP) is 3.61. The third-order valence-electron chi connectivity index (χ3n) is 4.31. The molecule has 0 aromatic heterocycles. The highest BCUT2D eigenvalue weighted by Crippen LogP contribution is 2.24. The minimum absolute atomic E-state index is 0.206. The van der Waals surface area contributed by atoms with E-state index in [0.29, 0.717) is 19.0 Å². The molecule has 2 aromatic rings. The van der Waals surface area contributed by atoms with Crippen molar-refractivity contribution in [2.45, 2.75) is 18.7 Å². The van der Waals surface area contributed by atoms with Crippen LogP contribution in [0.5, 0.6) is 11.5 Å². The monoisotopic (exact) mass is 405 g/mol. The molecular weight excluding hydrogens is 377 g/mol.